The Hall–Kier alpha value is -1.65. The highest BCUT2D eigenvalue weighted by molar-refractivity contribution is 5.92. The van der Waals surface area contributed by atoms with Gasteiger partial charge in [-0.1, -0.05) is 44.7 Å². The Morgan fingerprint density at radius 3 is 2.60 bits per heavy atom. The average Bonchev–Trinajstić information content (AvgIpc) is 2.40. The third kappa shape index (κ3) is 6.50. The van der Waals surface area contributed by atoms with E-state index in [1.54, 1.807) is 18.2 Å². The topological polar surface area (TPSA) is 38.3 Å². The maximum atomic E-state index is 12.2. The van der Waals surface area contributed by atoms with Gasteiger partial charge in [0.25, 0.3) is 0 Å². The summed E-state index contributed by atoms with van der Waals surface area (Å²) in [5, 5.41) is 2.61. The minimum Gasteiger partial charge on any atom is -0.433 e. The highest BCUT2D eigenvalue weighted by Gasteiger charge is 2.11. The molecule has 112 valence electrons. The second-order valence-electron chi connectivity index (χ2n) is 4.59. The molecule has 1 rings (SSSR count). The largest absolute Gasteiger partial charge is 0.433 e. The molecule has 1 amide bonds. The van der Waals surface area contributed by atoms with Crippen molar-refractivity contribution >= 4 is 11.6 Å². The number of anilines is 1. The van der Waals surface area contributed by atoms with Crippen LogP contribution in [-0.2, 0) is 4.79 Å². The van der Waals surface area contributed by atoms with Gasteiger partial charge in [-0.2, -0.15) is 8.78 Å². The van der Waals surface area contributed by atoms with Crippen molar-refractivity contribution in [2.45, 2.75) is 52.1 Å². The molecule has 1 aromatic rings. The number of alkyl halides is 2. The van der Waals surface area contributed by atoms with E-state index >= 15 is 0 Å². The van der Waals surface area contributed by atoms with Crippen molar-refractivity contribution in [2.75, 3.05) is 5.32 Å². The molecule has 1 aromatic carbocycles. The molecule has 0 bridgehead atoms. The summed E-state index contributed by atoms with van der Waals surface area (Å²) in [5.41, 5.74) is 0.284. The molecule has 5 heteroatoms. The number of para-hydroxylation sites is 2. The molecular formula is C15H21F2NO2. The smallest absolute Gasteiger partial charge is 0.387 e. The van der Waals surface area contributed by atoms with E-state index in [0.29, 0.717) is 6.42 Å². The van der Waals surface area contributed by atoms with Crippen LogP contribution < -0.4 is 10.1 Å². The van der Waals surface area contributed by atoms with Crippen molar-refractivity contribution in [3.8, 4) is 5.75 Å². The molecule has 0 saturated heterocycles. The van der Waals surface area contributed by atoms with Gasteiger partial charge in [0.15, 0.2) is 0 Å². The zero-order chi connectivity index (χ0) is 14.8. The second-order valence-corrected chi connectivity index (χ2v) is 4.59. The van der Waals surface area contributed by atoms with Gasteiger partial charge in [-0.25, -0.2) is 0 Å². The van der Waals surface area contributed by atoms with Crippen LogP contribution in [0, 0.1) is 0 Å². The molecule has 0 aliphatic carbocycles. The van der Waals surface area contributed by atoms with Gasteiger partial charge in [0.1, 0.15) is 5.75 Å². The maximum Gasteiger partial charge on any atom is 0.387 e. The molecule has 0 saturated carbocycles. The molecule has 0 atom stereocenters. The molecule has 0 aliphatic heterocycles. The molecule has 0 aliphatic rings. The highest BCUT2D eigenvalue weighted by Crippen LogP contribution is 2.25. The van der Waals surface area contributed by atoms with E-state index in [1.165, 1.54) is 12.5 Å². The van der Waals surface area contributed by atoms with Gasteiger partial charge in [-0.3, -0.25) is 4.79 Å². The van der Waals surface area contributed by atoms with E-state index in [-0.39, 0.29) is 17.3 Å². The summed E-state index contributed by atoms with van der Waals surface area (Å²) in [5.74, 6) is -0.186. The quantitative estimate of drug-likeness (QED) is 0.674. The SMILES string of the molecule is CCCCCCCC(=O)Nc1ccccc1OC(F)F. The number of amides is 1. The lowest BCUT2D eigenvalue weighted by Crippen LogP contribution is -2.13. The van der Waals surface area contributed by atoms with Gasteiger partial charge in [0.05, 0.1) is 5.69 Å². The Balaban J connectivity index is 2.41. The van der Waals surface area contributed by atoms with Crippen LogP contribution in [0.25, 0.3) is 0 Å². The Bertz CT molecular complexity index is 411. The lowest BCUT2D eigenvalue weighted by Gasteiger charge is -2.11. The van der Waals surface area contributed by atoms with Crippen molar-refractivity contribution < 1.29 is 18.3 Å². The number of rotatable bonds is 9. The molecule has 20 heavy (non-hydrogen) atoms. The van der Waals surface area contributed by atoms with Crippen LogP contribution in [0.15, 0.2) is 24.3 Å². The van der Waals surface area contributed by atoms with Gasteiger partial charge < -0.3 is 10.1 Å². The summed E-state index contributed by atoms with van der Waals surface area (Å²) in [7, 11) is 0. The zero-order valence-electron chi connectivity index (χ0n) is 11.7. The maximum absolute atomic E-state index is 12.2. The van der Waals surface area contributed by atoms with Gasteiger partial charge in [0.2, 0.25) is 5.91 Å². The lowest BCUT2D eigenvalue weighted by atomic mass is 10.1. The number of nitrogens with one attached hydrogen (secondary N) is 1. The minimum absolute atomic E-state index is 0.0122. The molecule has 3 nitrogen and oxygen atoms in total. The predicted octanol–water partition coefficient (Wildman–Crippen LogP) is 4.59. The zero-order valence-corrected chi connectivity index (χ0v) is 11.7. The fourth-order valence-corrected chi connectivity index (χ4v) is 1.87. The lowest BCUT2D eigenvalue weighted by molar-refractivity contribution is -0.116. The number of carbonyl (C=O) groups excluding carboxylic acids is 1. The van der Waals surface area contributed by atoms with Crippen LogP contribution in [0.2, 0.25) is 0 Å². The highest BCUT2D eigenvalue weighted by atomic mass is 19.3. The first-order valence-corrected chi connectivity index (χ1v) is 6.97. The summed E-state index contributed by atoms with van der Waals surface area (Å²) in [6.45, 7) is -0.769. The number of hydrogen-bond donors (Lipinski definition) is 1. The van der Waals surface area contributed by atoms with Crippen LogP contribution in [0.5, 0.6) is 5.75 Å². The van der Waals surface area contributed by atoms with E-state index in [9.17, 15) is 13.6 Å². The predicted molar refractivity (Wildman–Crippen MR) is 75.1 cm³/mol. The number of unbranched alkanes of at least 4 members (excludes halogenated alkanes) is 4. The van der Waals surface area contributed by atoms with E-state index in [2.05, 4.69) is 17.0 Å². The third-order valence-corrected chi connectivity index (χ3v) is 2.88. The Morgan fingerprint density at radius 1 is 1.20 bits per heavy atom. The van der Waals surface area contributed by atoms with E-state index < -0.39 is 6.61 Å². The third-order valence-electron chi connectivity index (χ3n) is 2.88. The number of ether oxygens (including phenoxy) is 1. The van der Waals surface area contributed by atoms with Crippen molar-refractivity contribution in [2.24, 2.45) is 0 Å². The number of hydrogen-bond acceptors (Lipinski definition) is 2. The average molecular weight is 285 g/mol. The van der Waals surface area contributed by atoms with Crippen LogP contribution in [0.3, 0.4) is 0 Å². The van der Waals surface area contributed by atoms with Crippen molar-refractivity contribution in [3.63, 3.8) is 0 Å². The van der Waals surface area contributed by atoms with E-state index in [1.807, 2.05) is 0 Å². The van der Waals surface area contributed by atoms with Crippen LogP contribution >= 0.6 is 0 Å². The minimum atomic E-state index is -2.90. The van der Waals surface area contributed by atoms with Gasteiger partial charge >= 0.3 is 6.61 Å². The Labute approximate surface area is 118 Å². The van der Waals surface area contributed by atoms with Crippen LogP contribution in [-0.4, -0.2) is 12.5 Å². The molecular weight excluding hydrogens is 264 g/mol. The second kappa shape index (κ2) is 9.28. The number of benzene rings is 1. The van der Waals surface area contributed by atoms with Crippen LogP contribution in [0.4, 0.5) is 14.5 Å². The molecule has 0 spiro atoms. The molecule has 0 fully saturated rings. The van der Waals surface area contributed by atoms with Crippen molar-refractivity contribution in [1.82, 2.24) is 0 Å². The monoisotopic (exact) mass is 285 g/mol. The fourth-order valence-electron chi connectivity index (χ4n) is 1.87. The summed E-state index contributed by atoms with van der Waals surface area (Å²) < 4.78 is 28.8. The summed E-state index contributed by atoms with van der Waals surface area (Å²) >= 11 is 0. The summed E-state index contributed by atoms with van der Waals surface area (Å²) in [4.78, 5) is 11.7. The normalized spacial score (nSPS) is 10.6. The van der Waals surface area contributed by atoms with Crippen molar-refractivity contribution in [3.05, 3.63) is 24.3 Å². The molecule has 0 radical (unpaired) electrons. The molecule has 0 unspecified atom stereocenters. The summed E-state index contributed by atoms with van der Waals surface area (Å²) in [6, 6.07) is 6.20. The first-order chi connectivity index (χ1) is 9.63. The number of halogens is 2. The van der Waals surface area contributed by atoms with Crippen LogP contribution in [0.1, 0.15) is 45.4 Å². The van der Waals surface area contributed by atoms with E-state index in [0.717, 1.165) is 25.7 Å². The number of carbonyl (C=O) groups is 1. The van der Waals surface area contributed by atoms with Gasteiger partial charge in [0, 0.05) is 6.42 Å². The first-order valence-electron chi connectivity index (χ1n) is 6.97. The van der Waals surface area contributed by atoms with Gasteiger partial charge in [-0.15, -0.1) is 0 Å². The fraction of sp³-hybridized carbons (Fsp3) is 0.533. The Kier molecular flexibility index (Phi) is 7.62. The van der Waals surface area contributed by atoms with Crippen molar-refractivity contribution in [1.29, 1.82) is 0 Å². The molecule has 0 heterocycles. The van der Waals surface area contributed by atoms with Gasteiger partial charge in [-0.05, 0) is 18.6 Å². The van der Waals surface area contributed by atoms with E-state index in [4.69, 9.17) is 0 Å². The molecule has 1 N–H and O–H groups in total. The Morgan fingerprint density at radius 2 is 1.90 bits per heavy atom. The first kappa shape index (κ1) is 16.4. The standard InChI is InChI=1S/C15H21F2NO2/c1-2-3-4-5-6-11-14(19)18-12-9-7-8-10-13(12)20-15(16)17/h7-10,15H,2-6,11H2,1H3,(H,18,19). The molecule has 0 aromatic heterocycles. The summed E-state index contributed by atoms with van der Waals surface area (Å²) in [6.07, 6.45) is 5.67.